The van der Waals surface area contributed by atoms with Gasteiger partial charge in [-0.1, -0.05) is 38.1 Å². The van der Waals surface area contributed by atoms with Gasteiger partial charge in [0.15, 0.2) is 0 Å². The van der Waals surface area contributed by atoms with Crippen LogP contribution in [0, 0.1) is 0 Å². The van der Waals surface area contributed by atoms with E-state index in [2.05, 4.69) is 10.6 Å². The minimum absolute atomic E-state index is 0.185. The molecule has 2 rings (SSSR count). The number of likely N-dealkylation sites (N-methyl/N-ethyl adjacent to an activating group) is 1. The molecule has 0 saturated heterocycles. The molecule has 0 saturated carbocycles. The lowest BCUT2D eigenvalue weighted by atomic mass is 9.78. The van der Waals surface area contributed by atoms with Gasteiger partial charge in [-0.2, -0.15) is 0 Å². The Bertz CT molecular complexity index is 1050. The summed E-state index contributed by atoms with van der Waals surface area (Å²) in [5.74, 6) is -2.18. The molecule has 0 spiro atoms. The van der Waals surface area contributed by atoms with Crippen LogP contribution in [0.5, 0.6) is 0 Å². The monoisotopic (exact) mass is 498 g/mol. The highest BCUT2D eigenvalue weighted by molar-refractivity contribution is 6.01. The van der Waals surface area contributed by atoms with Crippen molar-refractivity contribution in [2.45, 2.75) is 53.4 Å². The maximum Gasteiger partial charge on any atom is 0.336 e. The molecule has 1 aromatic rings. The zero-order chi connectivity index (χ0) is 26.7. The van der Waals surface area contributed by atoms with Crippen molar-refractivity contribution in [2.24, 2.45) is 0 Å². The normalized spacial score (nSPS) is 15.9. The first-order valence-electron chi connectivity index (χ1n) is 12.5. The second-order valence-corrected chi connectivity index (χ2v) is 8.25. The second kappa shape index (κ2) is 14.2. The van der Waals surface area contributed by atoms with E-state index in [0.717, 1.165) is 6.42 Å². The average Bonchev–Trinajstić information content (AvgIpc) is 2.86. The molecule has 1 aromatic carbocycles. The second-order valence-electron chi connectivity index (χ2n) is 8.25. The van der Waals surface area contributed by atoms with Gasteiger partial charge in [0, 0.05) is 23.5 Å². The number of rotatable bonds is 12. The summed E-state index contributed by atoms with van der Waals surface area (Å²) >= 11 is 0. The number of carbonyl (C=O) groups excluding carboxylic acids is 3. The molecular formula is C28H38N2O6. The number of esters is 3. The number of benzene rings is 1. The number of carbonyl (C=O) groups is 3. The Morgan fingerprint density at radius 1 is 0.972 bits per heavy atom. The largest absolute Gasteiger partial charge is 0.463 e. The van der Waals surface area contributed by atoms with Gasteiger partial charge in [-0.05, 0) is 57.9 Å². The third-order valence-electron chi connectivity index (χ3n) is 5.71. The molecule has 8 heteroatoms. The zero-order valence-electron chi connectivity index (χ0n) is 22.2. The van der Waals surface area contributed by atoms with E-state index in [4.69, 9.17) is 14.2 Å². The Morgan fingerprint density at radius 3 is 2.19 bits per heavy atom. The van der Waals surface area contributed by atoms with Crippen LogP contribution in [0.25, 0.3) is 6.08 Å². The highest BCUT2D eigenvalue weighted by atomic mass is 16.5. The standard InChI is InChI=1S/C28H38N2O6/c1-7-15-36-26(31)19(8-2)16-20-13-11-12-14-21(20)24-23(27(32)34-9-3)18(5)30-22(17-29-6)25(24)28(33)35-10-4/h11-14,16,24,29-30H,7-10,15,17H2,1-6H3/b19-16+. The summed E-state index contributed by atoms with van der Waals surface area (Å²) in [6.45, 7) is 10.2. The number of ether oxygens (including phenoxy) is 3. The quantitative estimate of drug-likeness (QED) is 0.253. The van der Waals surface area contributed by atoms with E-state index < -0.39 is 17.9 Å². The Labute approximate surface area is 213 Å². The number of nitrogens with one attached hydrogen (secondary N) is 2. The first kappa shape index (κ1) is 28.8. The zero-order valence-corrected chi connectivity index (χ0v) is 22.2. The molecule has 196 valence electrons. The van der Waals surface area contributed by atoms with Crippen LogP contribution < -0.4 is 10.6 Å². The van der Waals surface area contributed by atoms with Crippen LogP contribution in [-0.4, -0.2) is 51.3 Å². The molecule has 0 radical (unpaired) electrons. The van der Waals surface area contributed by atoms with Crippen molar-refractivity contribution in [2.75, 3.05) is 33.4 Å². The van der Waals surface area contributed by atoms with Gasteiger partial charge in [0.05, 0.1) is 36.9 Å². The van der Waals surface area contributed by atoms with Gasteiger partial charge in [-0.3, -0.25) is 0 Å². The molecule has 36 heavy (non-hydrogen) atoms. The fraction of sp³-hybridized carbons (Fsp3) is 0.464. The smallest absolute Gasteiger partial charge is 0.336 e. The summed E-state index contributed by atoms with van der Waals surface area (Å²) in [5, 5.41) is 6.29. The maximum absolute atomic E-state index is 13.3. The topological polar surface area (TPSA) is 103 Å². The highest BCUT2D eigenvalue weighted by Gasteiger charge is 2.39. The maximum atomic E-state index is 13.3. The lowest BCUT2D eigenvalue weighted by Gasteiger charge is -2.32. The predicted molar refractivity (Wildman–Crippen MR) is 139 cm³/mol. The minimum Gasteiger partial charge on any atom is -0.463 e. The van der Waals surface area contributed by atoms with Gasteiger partial charge < -0.3 is 24.8 Å². The third kappa shape index (κ3) is 6.85. The molecule has 1 atom stereocenters. The molecule has 0 amide bonds. The average molecular weight is 499 g/mol. The van der Waals surface area contributed by atoms with E-state index in [0.29, 0.717) is 58.8 Å². The number of hydrogen-bond donors (Lipinski definition) is 2. The molecule has 0 aliphatic carbocycles. The number of dihydropyridines is 1. The molecular weight excluding hydrogens is 460 g/mol. The minimum atomic E-state index is -0.759. The van der Waals surface area contributed by atoms with Gasteiger partial charge >= 0.3 is 17.9 Å². The summed E-state index contributed by atoms with van der Waals surface area (Å²) < 4.78 is 16.2. The van der Waals surface area contributed by atoms with Crippen molar-refractivity contribution >= 4 is 24.0 Å². The summed E-state index contributed by atoms with van der Waals surface area (Å²) in [7, 11) is 1.78. The van der Waals surface area contributed by atoms with Crippen LogP contribution in [-0.2, 0) is 28.6 Å². The fourth-order valence-electron chi connectivity index (χ4n) is 4.14. The summed E-state index contributed by atoms with van der Waals surface area (Å²) in [6, 6.07) is 7.41. The van der Waals surface area contributed by atoms with Gasteiger partial charge in [0.1, 0.15) is 0 Å². The Hall–Kier alpha value is -3.39. The fourth-order valence-corrected chi connectivity index (χ4v) is 4.14. The number of hydrogen-bond acceptors (Lipinski definition) is 8. The van der Waals surface area contributed by atoms with Gasteiger partial charge in [-0.15, -0.1) is 0 Å². The number of allylic oxidation sites excluding steroid dienone is 1. The van der Waals surface area contributed by atoms with Crippen molar-refractivity contribution in [3.63, 3.8) is 0 Å². The summed E-state index contributed by atoms with van der Waals surface area (Å²) in [6.07, 6.45) is 2.96. The lowest BCUT2D eigenvalue weighted by molar-refractivity contribution is -0.140. The van der Waals surface area contributed by atoms with Gasteiger partial charge in [-0.25, -0.2) is 14.4 Å². The van der Waals surface area contributed by atoms with E-state index in [1.54, 1.807) is 33.9 Å². The van der Waals surface area contributed by atoms with Crippen LogP contribution in [0.4, 0.5) is 0 Å². The van der Waals surface area contributed by atoms with Crippen LogP contribution in [0.2, 0.25) is 0 Å². The van der Waals surface area contributed by atoms with E-state index in [1.807, 2.05) is 38.1 Å². The molecule has 1 unspecified atom stereocenters. The van der Waals surface area contributed by atoms with E-state index >= 15 is 0 Å². The van der Waals surface area contributed by atoms with Crippen molar-refractivity contribution in [3.05, 3.63) is 63.5 Å². The summed E-state index contributed by atoms with van der Waals surface area (Å²) in [5.41, 5.74) is 3.75. The Balaban J connectivity index is 2.80. The first-order chi connectivity index (χ1) is 17.3. The molecule has 1 aliphatic rings. The van der Waals surface area contributed by atoms with Gasteiger partial charge in [0.25, 0.3) is 0 Å². The van der Waals surface area contributed by atoms with E-state index in [-0.39, 0.29) is 19.2 Å². The van der Waals surface area contributed by atoms with Crippen LogP contribution in [0.1, 0.15) is 64.5 Å². The van der Waals surface area contributed by atoms with Crippen molar-refractivity contribution in [1.82, 2.24) is 10.6 Å². The SMILES string of the molecule is CCCOC(=O)/C(=C/c1ccccc1C1C(C(=O)OCC)=C(C)NC(CNC)=C1C(=O)OCC)CC. The van der Waals surface area contributed by atoms with E-state index in [1.165, 1.54) is 0 Å². The first-order valence-corrected chi connectivity index (χ1v) is 12.5. The highest BCUT2D eigenvalue weighted by Crippen LogP contribution is 2.41. The molecule has 1 heterocycles. The Morgan fingerprint density at radius 2 is 1.61 bits per heavy atom. The third-order valence-corrected chi connectivity index (χ3v) is 5.71. The molecule has 1 aliphatic heterocycles. The van der Waals surface area contributed by atoms with Crippen molar-refractivity contribution in [1.29, 1.82) is 0 Å². The molecule has 0 fully saturated rings. The van der Waals surface area contributed by atoms with Crippen molar-refractivity contribution in [3.8, 4) is 0 Å². The van der Waals surface area contributed by atoms with Crippen LogP contribution in [0.3, 0.4) is 0 Å². The van der Waals surface area contributed by atoms with Crippen LogP contribution in [0.15, 0.2) is 52.4 Å². The molecule has 2 N–H and O–H groups in total. The summed E-state index contributed by atoms with van der Waals surface area (Å²) in [4.78, 5) is 39.2. The van der Waals surface area contributed by atoms with Crippen molar-refractivity contribution < 1.29 is 28.6 Å². The van der Waals surface area contributed by atoms with Crippen LogP contribution >= 0.6 is 0 Å². The molecule has 8 nitrogen and oxygen atoms in total. The molecule has 0 aromatic heterocycles. The lowest BCUT2D eigenvalue weighted by Crippen LogP contribution is -2.36. The Kier molecular flexibility index (Phi) is 11.4. The van der Waals surface area contributed by atoms with Gasteiger partial charge in [0.2, 0.25) is 0 Å². The van der Waals surface area contributed by atoms with E-state index in [9.17, 15) is 14.4 Å². The molecule has 0 bridgehead atoms. The predicted octanol–water partition coefficient (Wildman–Crippen LogP) is 3.99.